The van der Waals surface area contributed by atoms with Gasteiger partial charge in [0, 0.05) is 18.9 Å². The molecule has 3 rings (SSSR count). The monoisotopic (exact) mass is 433 g/mol. The maximum absolute atomic E-state index is 13.6. The fourth-order valence-corrected chi connectivity index (χ4v) is 5.42. The van der Waals surface area contributed by atoms with E-state index in [4.69, 9.17) is 9.26 Å². The van der Waals surface area contributed by atoms with Crippen LogP contribution in [0.1, 0.15) is 20.8 Å². The number of anilines is 1. The zero-order valence-electron chi connectivity index (χ0n) is 16.3. The van der Waals surface area contributed by atoms with Gasteiger partial charge in [-0.3, -0.25) is 14.6 Å². The van der Waals surface area contributed by atoms with Crippen molar-refractivity contribution in [2.24, 2.45) is 0 Å². The van der Waals surface area contributed by atoms with Crippen molar-refractivity contribution in [2.45, 2.75) is 13.8 Å². The molecule has 0 saturated carbocycles. The van der Waals surface area contributed by atoms with Crippen LogP contribution < -0.4 is 10.4 Å². The lowest BCUT2D eigenvalue weighted by Crippen LogP contribution is -2.17. The average Bonchev–Trinajstić information content (AvgIpc) is 3.10. The molecule has 2 N–H and O–H groups in total. The van der Waals surface area contributed by atoms with Gasteiger partial charge in [-0.15, -0.1) is 11.3 Å². The zero-order chi connectivity index (χ0) is 21.2. The van der Waals surface area contributed by atoms with Gasteiger partial charge in [-0.05, 0) is 31.5 Å². The molecule has 0 fully saturated rings. The molecule has 0 bridgehead atoms. The van der Waals surface area contributed by atoms with Crippen LogP contribution in [0.4, 0.5) is 5.82 Å². The Morgan fingerprint density at radius 1 is 1.21 bits per heavy atom. The van der Waals surface area contributed by atoms with E-state index in [0.29, 0.717) is 15.9 Å². The van der Waals surface area contributed by atoms with Gasteiger partial charge in [-0.25, -0.2) is 9.78 Å². The summed E-state index contributed by atoms with van der Waals surface area (Å²) in [7, 11) is -0.993. The number of aromatic hydroxyl groups is 1. The first-order valence-corrected chi connectivity index (χ1v) is 11.0. The van der Waals surface area contributed by atoms with Gasteiger partial charge < -0.3 is 14.4 Å². The van der Waals surface area contributed by atoms with Gasteiger partial charge in [0.2, 0.25) is 0 Å². The Labute approximate surface area is 172 Å². The SMILES string of the molecule is COC(=O)c1sc(-c2cncc(O)c2)nc1NP(=O)(OC)c1ccc(C)cc1C. The first kappa shape index (κ1) is 21.0. The van der Waals surface area contributed by atoms with Crippen LogP contribution in [-0.2, 0) is 13.8 Å². The minimum atomic E-state index is -3.58. The van der Waals surface area contributed by atoms with E-state index in [-0.39, 0.29) is 16.4 Å². The van der Waals surface area contributed by atoms with E-state index in [0.717, 1.165) is 22.5 Å². The predicted octanol–water partition coefficient (Wildman–Crippen LogP) is 3.89. The van der Waals surface area contributed by atoms with Crippen molar-refractivity contribution >= 4 is 35.9 Å². The number of thiazole rings is 1. The van der Waals surface area contributed by atoms with Gasteiger partial charge in [-0.1, -0.05) is 17.7 Å². The normalized spacial score (nSPS) is 13.0. The standard InChI is InChI=1S/C19H20N3O5PS/c1-11-5-6-15(12(2)7-11)28(25,27-4)22-17-16(19(24)26-3)29-18(21-17)13-8-14(23)10-20-9-13/h5-10,23H,1-4H3,(H,22,25). The first-order chi connectivity index (χ1) is 13.8. The molecule has 152 valence electrons. The van der Waals surface area contributed by atoms with Crippen molar-refractivity contribution in [3.8, 4) is 16.3 Å². The lowest BCUT2D eigenvalue weighted by atomic mass is 10.2. The van der Waals surface area contributed by atoms with Crippen molar-refractivity contribution in [3.05, 3.63) is 52.7 Å². The summed E-state index contributed by atoms with van der Waals surface area (Å²) < 4.78 is 23.8. The molecule has 2 aromatic heterocycles. The minimum absolute atomic E-state index is 0.0373. The fourth-order valence-electron chi connectivity index (χ4n) is 2.77. The highest BCUT2D eigenvalue weighted by Crippen LogP contribution is 2.47. The molecule has 0 aliphatic carbocycles. The van der Waals surface area contributed by atoms with Crippen LogP contribution >= 0.6 is 18.9 Å². The predicted molar refractivity (Wildman–Crippen MR) is 112 cm³/mol. The number of carbonyl (C=O) groups is 1. The van der Waals surface area contributed by atoms with Gasteiger partial charge in [0.05, 0.1) is 18.6 Å². The molecule has 0 saturated heterocycles. The number of benzene rings is 1. The zero-order valence-corrected chi connectivity index (χ0v) is 18.0. The summed E-state index contributed by atoms with van der Waals surface area (Å²) in [4.78, 5) is 20.7. The van der Waals surface area contributed by atoms with Gasteiger partial charge >= 0.3 is 13.5 Å². The van der Waals surface area contributed by atoms with E-state index in [1.165, 1.54) is 32.7 Å². The number of carbonyl (C=O) groups excluding carboxylic acids is 1. The molecule has 1 aromatic carbocycles. The summed E-state index contributed by atoms with van der Waals surface area (Å²) in [6.07, 6.45) is 2.79. The third-order valence-corrected chi connectivity index (χ3v) is 7.39. The number of pyridine rings is 1. The van der Waals surface area contributed by atoms with Gasteiger partial charge in [0.25, 0.3) is 0 Å². The van der Waals surface area contributed by atoms with E-state index in [9.17, 15) is 14.5 Å². The fraction of sp³-hybridized carbons (Fsp3) is 0.211. The topological polar surface area (TPSA) is 111 Å². The van der Waals surface area contributed by atoms with E-state index in [2.05, 4.69) is 15.1 Å². The van der Waals surface area contributed by atoms with Crippen molar-refractivity contribution in [2.75, 3.05) is 19.3 Å². The molecule has 29 heavy (non-hydrogen) atoms. The summed E-state index contributed by atoms with van der Waals surface area (Å²) in [5.41, 5.74) is 2.32. The number of rotatable bonds is 6. The number of aryl methyl sites for hydroxylation is 2. The number of hydrogen-bond acceptors (Lipinski definition) is 8. The minimum Gasteiger partial charge on any atom is -0.506 e. The summed E-state index contributed by atoms with van der Waals surface area (Å²) in [5, 5.41) is 13.4. The van der Waals surface area contributed by atoms with Crippen LogP contribution in [0.15, 0.2) is 36.7 Å². The second kappa shape index (κ2) is 8.32. The molecule has 0 aliphatic rings. The van der Waals surface area contributed by atoms with Crippen LogP contribution in [0.5, 0.6) is 5.75 Å². The Hall–Kier alpha value is -2.74. The lowest BCUT2D eigenvalue weighted by Gasteiger charge is -2.20. The van der Waals surface area contributed by atoms with Crippen molar-refractivity contribution < 1.29 is 23.7 Å². The summed E-state index contributed by atoms with van der Waals surface area (Å²) in [5.74, 6) is -0.595. The Bertz CT molecular complexity index is 1110. The third-order valence-electron chi connectivity index (χ3n) is 4.15. The molecule has 0 spiro atoms. The molecule has 8 nitrogen and oxygen atoms in total. The number of esters is 1. The third kappa shape index (κ3) is 4.32. The Balaban J connectivity index is 2.08. The molecule has 3 aromatic rings. The van der Waals surface area contributed by atoms with E-state index in [1.807, 2.05) is 26.0 Å². The largest absolute Gasteiger partial charge is 0.506 e. The van der Waals surface area contributed by atoms with Crippen molar-refractivity contribution in [1.82, 2.24) is 9.97 Å². The van der Waals surface area contributed by atoms with Crippen LogP contribution in [0.25, 0.3) is 10.6 Å². The van der Waals surface area contributed by atoms with Crippen molar-refractivity contribution in [3.63, 3.8) is 0 Å². The molecule has 2 heterocycles. The first-order valence-electron chi connectivity index (χ1n) is 8.53. The van der Waals surface area contributed by atoms with E-state index in [1.54, 1.807) is 6.07 Å². The molecular weight excluding hydrogens is 413 g/mol. The van der Waals surface area contributed by atoms with Gasteiger partial charge in [-0.2, -0.15) is 0 Å². The van der Waals surface area contributed by atoms with E-state index >= 15 is 0 Å². The highest BCUT2D eigenvalue weighted by atomic mass is 32.1. The highest BCUT2D eigenvalue weighted by molar-refractivity contribution is 7.68. The van der Waals surface area contributed by atoms with Gasteiger partial charge in [0.1, 0.15) is 10.8 Å². The number of methoxy groups -OCH3 is 1. The maximum Gasteiger partial charge on any atom is 0.351 e. The Kier molecular flexibility index (Phi) is 6.02. The van der Waals surface area contributed by atoms with Crippen LogP contribution in [0.2, 0.25) is 0 Å². The number of ether oxygens (including phenoxy) is 1. The average molecular weight is 433 g/mol. The molecule has 0 aliphatic heterocycles. The highest BCUT2D eigenvalue weighted by Gasteiger charge is 2.31. The molecular formula is C19H20N3O5PS. The second-order valence-corrected chi connectivity index (χ2v) is 9.43. The maximum atomic E-state index is 13.6. The molecule has 1 atom stereocenters. The number of hydrogen-bond donors (Lipinski definition) is 2. The lowest BCUT2D eigenvalue weighted by molar-refractivity contribution is 0.0607. The second-order valence-electron chi connectivity index (χ2n) is 6.26. The van der Waals surface area contributed by atoms with E-state index < -0.39 is 13.5 Å². The Morgan fingerprint density at radius 3 is 2.59 bits per heavy atom. The van der Waals surface area contributed by atoms with Crippen molar-refractivity contribution in [1.29, 1.82) is 0 Å². The Morgan fingerprint density at radius 2 is 1.97 bits per heavy atom. The number of aromatic nitrogens is 2. The van der Waals surface area contributed by atoms with Gasteiger partial charge in [0.15, 0.2) is 10.7 Å². The molecule has 0 amide bonds. The molecule has 10 heteroatoms. The summed E-state index contributed by atoms with van der Waals surface area (Å²) in [6.45, 7) is 3.77. The van der Waals surface area contributed by atoms with Crippen LogP contribution in [-0.4, -0.2) is 35.3 Å². The number of nitrogens with zero attached hydrogens (tertiary/aromatic N) is 2. The van der Waals surface area contributed by atoms with Crippen LogP contribution in [0.3, 0.4) is 0 Å². The van der Waals surface area contributed by atoms with Crippen LogP contribution in [0, 0.1) is 13.8 Å². The quantitative estimate of drug-likeness (QED) is 0.445. The molecule has 1 unspecified atom stereocenters. The summed E-state index contributed by atoms with van der Waals surface area (Å²) >= 11 is 1.03. The summed E-state index contributed by atoms with van der Waals surface area (Å²) in [6, 6.07) is 6.93. The molecule has 0 radical (unpaired) electrons. The smallest absolute Gasteiger partial charge is 0.351 e. The number of nitrogens with one attached hydrogen (secondary N) is 1.